The van der Waals surface area contributed by atoms with Gasteiger partial charge in [0.05, 0.1) is 5.69 Å². The topological polar surface area (TPSA) is 61.9 Å². The molecule has 1 fully saturated rings. The van der Waals surface area contributed by atoms with Crippen molar-refractivity contribution in [1.82, 2.24) is 15.0 Å². The molecule has 0 unspecified atom stereocenters. The smallest absolute Gasteiger partial charge is 0.229 e. The van der Waals surface area contributed by atoms with Crippen molar-refractivity contribution >= 4 is 33.4 Å². The molecule has 5 nitrogen and oxygen atoms in total. The summed E-state index contributed by atoms with van der Waals surface area (Å²) >= 11 is 1.54. The summed E-state index contributed by atoms with van der Waals surface area (Å²) in [4.78, 5) is 27.3. The summed E-state index contributed by atoms with van der Waals surface area (Å²) in [6, 6.07) is 14.4. The fourth-order valence-electron chi connectivity index (χ4n) is 3.48. The van der Waals surface area contributed by atoms with Crippen molar-refractivity contribution in [3.05, 3.63) is 65.8 Å². The van der Waals surface area contributed by atoms with E-state index in [0.717, 1.165) is 46.7 Å². The molecule has 3 aromatic heterocycles. The lowest BCUT2D eigenvalue weighted by molar-refractivity contribution is -0.118. The number of fused-ring (bicyclic) bond motifs is 1. The maximum atomic E-state index is 13.0. The Morgan fingerprint density at radius 3 is 2.86 bits per heavy atom. The molecule has 1 aliphatic rings. The number of aromatic amines is 1. The summed E-state index contributed by atoms with van der Waals surface area (Å²) in [5.74, 6) is 0.160. The van der Waals surface area contributed by atoms with E-state index in [1.54, 1.807) is 17.5 Å². The van der Waals surface area contributed by atoms with E-state index in [9.17, 15) is 4.79 Å². The number of aromatic nitrogens is 3. The fourth-order valence-corrected chi connectivity index (χ4v) is 4.39. The quantitative estimate of drug-likeness (QED) is 0.515. The van der Waals surface area contributed by atoms with Gasteiger partial charge in [0.25, 0.3) is 0 Å². The van der Waals surface area contributed by atoms with Crippen LogP contribution in [0.4, 0.5) is 5.13 Å². The highest BCUT2D eigenvalue weighted by Crippen LogP contribution is 2.37. The van der Waals surface area contributed by atoms with Crippen molar-refractivity contribution < 1.29 is 4.79 Å². The predicted octanol–water partition coefficient (Wildman–Crippen LogP) is 4.81. The van der Waals surface area contributed by atoms with E-state index in [2.05, 4.69) is 22.1 Å². The van der Waals surface area contributed by atoms with E-state index >= 15 is 0 Å². The van der Waals surface area contributed by atoms with Crippen molar-refractivity contribution in [2.24, 2.45) is 0 Å². The van der Waals surface area contributed by atoms with E-state index < -0.39 is 0 Å². The summed E-state index contributed by atoms with van der Waals surface area (Å²) in [6.07, 6.45) is 7.10. The molecule has 1 saturated carbocycles. The minimum Gasteiger partial charge on any atom is -0.345 e. The number of carbonyl (C=O) groups is 1. The number of nitrogens with zero attached hydrogens (tertiary/aromatic N) is 3. The van der Waals surface area contributed by atoms with Crippen molar-refractivity contribution in [1.29, 1.82) is 0 Å². The molecule has 6 heteroatoms. The van der Waals surface area contributed by atoms with Gasteiger partial charge >= 0.3 is 0 Å². The Bertz CT molecular complexity index is 1110. The van der Waals surface area contributed by atoms with Crippen LogP contribution in [0.15, 0.2) is 60.2 Å². The number of hydrogen-bond donors (Lipinski definition) is 1. The van der Waals surface area contributed by atoms with Crippen molar-refractivity contribution in [3.8, 4) is 11.3 Å². The number of thiazole rings is 1. The molecule has 3 heterocycles. The molecule has 0 saturated heterocycles. The lowest BCUT2D eigenvalue weighted by atomic mass is 10.1. The number of H-pyrrole nitrogens is 1. The molecule has 0 spiro atoms. The van der Waals surface area contributed by atoms with Crippen LogP contribution in [0, 0.1) is 0 Å². The molecular weight excluding hydrogens is 368 g/mol. The van der Waals surface area contributed by atoms with Gasteiger partial charge in [-0.2, -0.15) is 0 Å². The molecule has 0 aliphatic heterocycles. The largest absolute Gasteiger partial charge is 0.345 e. The third-order valence-corrected chi connectivity index (χ3v) is 5.92. The van der Waals surface area contributed by atoms with E-state index in [-0.39, 0.29) is 5.91 Å². The third-order valence-electron chi connectivity index (χ3n) is 5.08. The van der Waals surface area contributed by atoms with E-state index in [4.69, 9.17) is 4.98 Å². The van der Waals surface area contributed by atoms with Crippen LogP contribution in [0.1, 0.15) is 24.8 Å². The van der Waals surface area contributed by atoms with Crippen molar-refractivity contribution in [3.63, 3.8) is 0 Å². The van der Waals surface area contributed by atoms with Crippen LogP contribution < -0.4 is 4.90 Å². The number of amides is 1. The van der Waals surface area contributed by atoms with Gasteiger partial charge in [-0.05, 0) is 37.0 Å². The van der Waals surface area contributed by atoms with Gasteiger partial charge in [0.2, 0.25) is 5.91 Å². The highest BCUT2D eigenvalue weighted by molar-refractivity contribution is 7.14. The van der Waals surface area contributed by atoms with E-state index in [1.165, 1.54) is 5.56 Å². The second-order valence-corrected chi connectivity index (χ2v) is 7.93. The van der Waals surface area contributed by atoms with Gasteiger partial charge in [-0.3, -0.25) is 9.69 Å². The van der Waals surface area contributed by atoms with Gasteiger partial charge in [-0.25, -0.2) is 9.97 Å². The molecule has 140 valence electrons. The second kappa shape index (κ2) is 7.20. The normalized spacial score (nSPS) is 13.7. The van der Waals surface area contributed by atoms with E-state index in [1.807, 2.05) is 46.8 Å². The Morgan fingerprint density at radius 1 is 1.18 bits per heavy atom. The average Bonchev–Trinajstić information content (AvgIpc) is 3.28. The zero-order valence-corrected chi connectivity index (χ0v) is 16.2. The van der Waals surface area contributed by atoms with Crippen molar-refractivity contribution in [2.45, 2.75) is 31.7 Å². The van der Waals surface area contributed by atoms with Gasteiger partial charge in [0.1, 0.15) is 5.65 Å². The molecule has 4 aromatic rings. The van der Waals surface area contributed by atoms with Crippen LogP contribution in [0.2, 0.25) is 0 Å². The molecular formula is C22H20N4OS. The Morgan fingerprint density at radius 2 is 2.04 bits per heavy atom. The van der Waals surface area contributed by atoms with Crippen LogP contribution in [-0.2, 0) is 11.2 Å². The number of rotatable bonds is 6. The second-order valence-electron chi connectivity index (χ2n) is 7.10. The molecule has 0 radical (unpaired) electrons. The Kier molecular flexibility index (Phi) is 4.41. The highest BCUT2D eigenvalue weighted by atomic mass is 32.1. The van der Waals surface area contributed by atoms with Gasteiger partial charge < -0.3 is 4.98 Å². The lowest BCUT2D eigenvalue weighted by Gasteiger charge is -2.19. The molecule has 1 N–H and O–H groups in total. The zero-order valence-electron chi connectivity index (χ0n) is 15.3. The summed E-state index contributed by atoms with van der Waals surface area (Å²) in [5.41, 5.74) is 3.96. The number of nitrogens with one attached hydrogen (secondary N) is 1. The number of carbonyl (C=O) groups excluding carboxylic acids is 1. The van der Waals surface area contributed by atoms with Crippen LogP contribution in [-0.4, -0.2) is 26.9 Å². The van der Waals surface area contributed by atoms with Crippen LogP contribution in [0.3, 0.4) is 0 Å². The lowest BCUT2D eigenvalue weighted by Crippen LogP contribution is -2.33. The van der Waals surface area contributed by atoms with Gasteiger partial charge in [0.15, 0.2) is 5.13 Å². The summed E-state index contributed by atoms with van der Waals surface area (Å²) in [7, 11) is 0. The highest BCUT2D eigenvalue weighted by Gasteiger charge is 2.35. The van der Waals surface area contributed by atoms with Crippen LogP contribution in [0.25, 0.3) is 22.3 Å². The first-order valence-corrected chi connectivity index (χ1v) is 10.4. The monoisotopic (exact) mass is 388 g/mol. The first kappa shape index (κ1) is 17.1. The minimum absolute atomic E-state index is 0.160. The summed E-state index contributed by atoms with van der Waals surface area (Å²) in [5, 5.41) is 3.88. The minimum atomic E-state index is 0.160. The molecule has 5 rings (SSSR count). The zero-order chi connectivity index (χ0) is 18.9. The van der Waals surface area contributed by atoms with Crippen LogP contribution in [0.5, 0.6) is 0 Å². The maximum Gasteiger partial charge on any atom is 0.229 e. The number of anilines is 1. The Balaban J connectivity index is 1.38. The predicted molar refractivity (Wildman–Crippen MR) is 112 cm³/mol. The molecule has 1 aromatic carbocycles. The number of aryl methyl sites for hydroxylation is 1. The molecule has 1 amide bonds. The number of hydrogen-bond acceptors (Lipinski definition) is 4. The molecule has 0 atom stereocenters. The molecule has 0 bridgehead atoms. The average molecular weight is 388 g/mol. The Labute approximate surface area is 167 Å². The van der Waals surface area contributed by atoms with Gasteiger partial charge in [-0.1, -0.05) is 30.3 Å². The third kappa shape index (κ3) is 3.31. The Hall–Kier alpha value is -2.99. The summed E-state index contributed by atoms with van der Waals surface area (Å²) in [6.45, 7) is 0. The van der Waals surface area contributed by atoms with E-state index in [0.29, 0.717) is 12.5 Å². The molecule has 28 heavy (non-hydrogen) atoms. The van der Waals surface area contributed by atoms with Crippen LogP contribution >= 0.6 is 11.3 Å². The van der Waals surface area contributed by atoms with Gasteiger partial charge in [-0.15, -0.1) is 11.3 Å². The molecule has 1 aliphatic carbocycles. The standard InChI is InChI=1S/C22H20N4OS/c27-20(11-8-15-5-2-1-3-6-15)26(16-9-10-16)22-25-19(14-28-22)18-13-24-21-17(18)7-4-12-23-21/h1-7,12-14,16H,8-11H2,(H,23,24). The maximum absolute atomic E-state index is 13.0. The fraction of sp³-hybridized carbons (Fsp3) is 0.227. The van der Waals surface area contributed by atoms with Gasteiger partial charge in [0, 0.05) is 41.2 Å². The first-order chi connectivity index (χ1) is 13.8. The van der Waals surface area contributed by atoms with Crippen molar-refractivity contribution in [2.75, 3.05) is 4.90 Å². The summed E-state index contributed by atoms with van der Waals surface area (Å²) < 4.78 is 0. The first-order valence-electron chi connectivity index (χ1n) is 9.53. The SMILES string of the molecule is O=C(CCc1ccccc1)N(c1nc(-c2c[nH]c3ncccc23)cs1)C1CC1. The number of pyridine rings is 1. The number of benzene rings is 1.